The predicted molar refractivity (Wildman–Crippen MR) is 102 cm³/mol. The van der Waals surface area contributed by atoms with Crippen molar-refractivity contribution in [2.75, 3.05) is 32.7 Å². The molecule has 9 nitrogen and oxygen atoms in total. The highest BCUT2D eigenvalue weighted by atomic mass is 16.4. The molecule has 0 radical (unpaired) electrons. The first kappa shape index (κ1) is 21.4. The van der Waals surface area contributed by atoms with Crippen LogP contribution in [-0.4, -0.2) is 69.8 Å². The SMILES string of the molecule is CCN1CCN(Cc2c(O)ccc3c(C)cc(=O)oc23)CC1.O=C(O)C(=O)O. The van der Waals surface area contributed by atoms with Crippen LogP contribution in [0.2, 0.25) is 0 Å². The highest BCUT2D eigenvalue weighted by Crippen LogP contribution is 2.29. The van der Waals surface area contributed by atoms with E-state index in [4.69, 9.17) is 24.2 Å². The molecule has 3 rings (SSSR count). The zero-order valence-corrected chi connectivity index (χ0v) is 15.8. The van der Waals surface area contributed by atoms with Gasteiger partial charge in [-0.25, -0.2) is 14.4 Å². The van der Waals surface area contributed by atoms with Gasteiger partial charge in [0.15, 0.2) is 0 Å². The summed E-state index contributed by atoms with van der Waals surface area (Å²) in [5.74, 6) is -3.45. The van der Waals surface area contributed by atoms with E-state index in [0.29, 0.717) is 17.7 Å². The number of rotatable bonds is 3. The van der Waals surface area contributed by atoms with Crippen LogP contribution in [0.15, 0.2) is 27.4 Å². The van der Waals surface area contributed by atoms with E-state index in [0.717, 1.165) is 43.7 Å². The second-order valence-corrected chi connectivity index (χ2v) is 6.51. The van der Waals surface area contributed by atoms with Crippen LogP contribution in [0.1, 0.15) is 18.1 Å². The number of aromatic hydroxyl groups is 1. The summed E-state index contributed by atoms with van der Waals surface area (Å²) in [6.45, 7) is 9.72. The van der Waals surface area contributed by atoms with E-state index in [9.17, 15) is 9.90 Å². The summed E-state index contributed by atoms with van der Waals surface area (Å²) < 4.78 is 5.39. The number of carboxylic acid groups (broad SMARTS) is 2. The summed E-state index contributed by atoms with van der Waals surface area (Å²) in [7, 11) is 0. The quantitative estimate of drug-likeness (QED) is 0.519. The standard InChI is InChI=1S/C17H22N2O3.C2H2O4/c1-3-18-6-8-19(9-7-18)11-14-15(20)5-4-13-12(2)10-16(21)22-17(13)14;3-1(4)2(5)6/h4-5,10,20H,3,6-9,11H2,1-2H3;(H,3,4)(H,5,6). The molecule has 2 heterocycles. The number of hydrogen-bond acceptors (Lipinski definition) is 7. The van der Waals surface area contributed by atoms with E-state index in [-0.39, 0.29) is 11.4 Å². The van der Waals surface area contributed by atoms with Crippen LogP contribution in [0.4, 0.5) is 0 Å². The van der Waals surface area contributed by atoms with Crippen molar-refractivity contribution in [3.8, 4) is 5.75 Å². The Morgan fingerprint density at radius 2 is 1.64 bits per heavy atom. The molecule has 1 aliphatic rings. The zero-order valence-electron chi connectivity index (χ0n) is 15.8. The Bertz CT molecular complexity index is 902. The molecule has 0 bridgehead atoms. The van der Waals surface area contributed by atoms with Gasteiger partial charge in [-0.2, -0.15) is 0 Å². The van der Waals surface area contributed by atoms with Crippen molar-refractivity contribution >= 4 is 22.9 Å². The van der Waals surface area contributed by atoms with Crippen molar-refractivity contribution in [3.63, 3.8) is 0 Å². The molecule has 2 aromatic rings. The fraction of sp³-hybridized carbons (Fsp3) is 0.421. The smallest absolute Gasteiger partial charge is 0.414 e. The van der Waals surface area contributed by atoms with E-state index in [1.165, 1.54) is 6.07 Å². The lowest BCUT2D eigenvalue weighted by Crippen LogP contribution is -2.45. The predicted octanol–water partition coefficient (Wildman–Crippen LogP) is 1.10. The molecule has 152 valence electrons. The Morgan fingerprint density at radius 1 is 1.07 bits per heavy atom. The maximum absolute atomic E-state index is 11.7. The summed E-state index contributed by atoms with van der Waals surface area (Å²) >= 11 is 0. The van der Waals surface area contributed by atoms with Gasteiger partial charge in [-0.05, 0) is 31.2 Å². The van der Waals surface area contributed by atoms with Crippen molar-refractivity contribution < 1.29 is 29.3 Å². The average molecular weight is 392 g/mol. The minimum atomic E-state index is -1.82. The van der Waals surface area contributed by atoms with Gasteiger partial charge in [-0.15, -0.1) is 0 Å². The summed E-state index contributed by atoms with van der Waals surface area (Å²) in [5, 5.41) is 25.9. The van der Waals surface area contributed by atoms with Crippen molar-refractivity contribution in [1.29, 1.82) is 0 Å². The van der Waals surface area contributed by atoms with Gasteiger partial charge in [0.25, 0.3) is 0 Å². The topological polar surface area (TPSA) is 132 Å². The van der Waals surface area contributed by atoms with Crippen molar-refractivity contribution in [2.45, 2.75) is 20.4 Å². The molecular formula is C19H24N2O7. The Labute approximate surface area is 161 Å². The Balaban J connectivity index is 0.000000409. The molecule has 0 atom stereocenters. The minimum Gasteiger partial charge on any atom is -0.507 e. The number of carboxylic acids is 2. The van der Waals surface area contributed by atoms with E-state index >= 15 is 0 Å². The normalized spacial score (nSPS) is 15.1. The number of aryl methyl sites for hydroxylation is 1. The van der Waals surface area contributed by atoms with Gasteiger partial charge in [0, 0.05) is 44.2 Å². The second-order valence-electron chi connectivity index (χ2n) is 6.51. The first-order valence-electron chi connectivity index (χ1n) is 8.89. The van der Waals surface area contributed by atoms with Gasteiger partial charge in [0.05, 0.1) is 5.56 Å². The van der Waals surface area contributed by atoms with Crippen LogP contribution in [-0.2, 0) is 16.1 Å². The molecule has 1 aromatic heterocycles. The number of nitrogens with zero attached hydrogens (tertiary/aromatic N) is 2. The third kappa shape index (κ3) is 5.30. The third-order valence-corrected chi connectivity index (χ3v) is 4.67. The maximum atomic E-state index is 11.7. The molecule has 0 amide bonds. The van der Waals surface area contributed by atoms with Crippen LogP contribution >= 0.6 is 0 Å². The van der Waals surface area contributed by atoms with Gasteiger partial charge < -0.3 is 24.6 Å². The van der Waals surface area contributed by atoms with Crippen molar-refractivity contribution in [2.24, 2.45) is 0 Å². The second kappa shape index (κ2) is 9.34. The molecule has 0 unspecified atom stereocenters. The van der Waals surface area contributed by atoms with E-state index in [1.807, 2.05) is 13.0 Å². The number of piperazine rings is 1. The van der Waals surface area contributed by atoms with Crippen LogP contribution in [0.5, 0.6) is 5.75 Å². The van der Waals surface area contributed by atoms with E-state index < -0.39 is 11.9 Å². The molecule has 0 saturated carbocycles. The first-order valence-corrected chi connectivity index (χ1v) is 8.89. The third-order valence-electron chi connectivity index (χ3n) is 4.67. The molecule has 28 heavy (non-hydrogen) atoms. The highest BCUT2D eigenvalue weighted by Gasteiger charge is 2.19. The van der Waals surface area contributed by atoms with Crippen molar-refractivity contribution in [3.05, 3.63) is 39.7 Å². The van der Waals surface area contributed by atoms with E-state index in [2.05, 4.69) is 16.7 Å². The zero-order chi connectivity index (χ0) is 20.8. The Morgan fingerprint density at radius 3 is 2.18 bits per heavy atom. The molecule has 1 saturated heterocycles. The van der Waals surface area contributed by atoms with Gasteiger partial charge in [-0.1, -0.05) is 6.92 Å². The molecule has 0 aliphatic carbocycles. The number of phenolic OH excluding ortho intramolecular Hbond substituents is 1. The number of likely N-dealkylation sites (N-methyl/N-ethyl adjacent to an activating group) is 1. The summed E-state index contributed by atoms with van der Waals surface area (Å²) in [6, 6.07) is 4.98. The lowest BCUT2D eigenvalue weighted by Gasteiger charge is -2.34. The monoisotopic (exact) mass is 392 g/mol. The number of hydrogen-bond donors (Lipinski definition) is 3. The Kier molecular flexibility index (Phi) is 7.13. The fourth-order valence-corrected chi connectivity index (χ4v) is 3.07. The summed E-state index contributed by atoms with van der Waals surface area (Å²) in [6.07, 6.45) is 0. The summed E-state index contributed by atoms with van der Waals surface area (Å²) in [4.78, 5) is 34.6. The summed E-state index contributed by atoms with van der Waals surface area (Å²) in [5.41, 5.74) is 1.74. The molecule has 1 fully saturated rings. The number of fused-ring (bicyclic) bond motifs is 1. The lowest BCUT2D eigenvalue weighted by atomic mass is 10.1. The lowest BCUT2D eigenvalue weighted by molar-refractivity contribution is -0.159. The number of benzene rings is 1. The molecule has 1 aliphatic heterocycles. The molecule has 1 aromatic carbocycles. The number of phenols is 1. The number of carbonyl (C=O) groups is 2. The van der Waals surface area contributed by atoms with E-state index in [1.54, 1.807) is 6.07 Å². The van der Waals surface area contributed by atoms with Gasteiger partial charge in [0.1, 0.15) is 11.3 Å². The largest absolute Gasteiger partial charge is 0.507 e. The molecular weight excluding hydrogens is 368 g/mol. The Hall–Kier alpha value is -2.91. The fourth-order valence-electron chi connectivity index (χ4n) is 3.07. The van der Waals surface area contributed by atoms with Gasteiger partial charge in [-0.3, -0.25) is 4.90 Å². The van der Waals surface area contributed by atoms with Crippen LogP contribution < -0.4 is 5.63 Å². The maximum Gasteiger partial charge on any atom is 0.414 e. The van der Waals surface area contributed by atoms with Crippen molar-refractivity contribution in [1.82, 2.24) is 9.80 Å². The molecule has 3 N–H and O–H groups in total. The van der Waals surface area contributed by atoms with Crippen LogP contribution in [0.3, 0.4) is 0 Å². The van der Waals surface area contributed by atoms with Gasteiger partial charge in [0.2, 0.25) is 0 Å². The molecule has 0 spiro atoms. The van der Waals surface area contributed by atoms with Crippen LogP contribution in [0.25, 0.3) is 11.0 Å². The van der Waals surface area contributed by atoms with Gasteiger partial charge >= 0.3 is 17.6 Å². The minimum absolute atomic E-state index is 0.194. The van der Waals surface area contributed by atoms with Crippen LogP contribution in [0, 0.1) is 6.92 Å². The first-order chi connectivity index (χ1) is 13.2. The number of aliphatic carboxylic acids is 2. The molecule has 9 heteroatoms. The average Bonchev–Trinajstić information content (AvgIpc) is 2.65. The highest BCUT2D eigenvalue weighted by molar-refractivity contribution is 6.27.